The van der Waals surface area contributed by atoms with E-state index >= 15 is 0 Å². The summed E-state index contributed by atoms with van der Waals surface area (Å²) in [6.45, 7) is 9.21. The van der Waals surface area contributed by atoms with Gasteiger partial charge in [0.1, 0.15) is 0 Å². The number of rotatable bonds is 4. The molecule has 0 radical (unpaired) electrons. The van der Waals surface area contributed by atoms with E-state index in [1.165, 1.54) is 32.1 Å². The number of hydrogen-bond acceptors (Lipinski definition) is 2. The van der Waals surface area contributed by atoms with Gasteiger partial charge in [0.05, 0.1) is 0 Å². The van der Waals surface area contributed by atoms with E-state index in [0.29, 0.717) is 12.1 Å². The third-order valence-electron chi connectivity index (χ3n) is 2.84. The molecule has 1 nitrogen and oxygen atoms in total. The lowest BCUT2D eigenvalue weighted by Crippen LogP contribution is -2.33. The summed E-state index contributed by atoms with van der Waals surface area (Å²) in [5, 5.41) is 0.897. The molecule has 0 unspecified atom stereocenters. The third-order valence-corrected chi connectivity index (χ3v) is 4.70. The Bertz CT molecular complexity index is 142. The van der Waals surface area contributed by atoms with Gasteiger partial charge >= 0.3 is 0 Å². The first-order chi connectivity index (χ1) is 6.61. The average molecular weight is 215 g/mol. The minimum absolute atomic E-state index is 0.668. The van der Waals surface area contributed by atoms with Gasteiger partial charge in [-0.25, -0.2) is 4.31 Å². The van der Waals surface area contributed by atoms with Gasteiger partial charge < -0.3 is 0 Å². The van der Waals surface area contributed by atoms with E-state index in [2.05, 4.69) is 43.9 Å². The summed E-state index contributed by atoms with van der Waals surface area (Å²) < 4.78 is 2.57. The van der Waals surface area contributed by atoms with Gasteiger partial charge in [-0.15, -0.1) is 0 Å². The zero-order valence-electron chi connectivity index (χ0n) is 10.1. The van der Waals surface area contributed by atoms with Crippen LogP contribution in [0.1, 0.15) is 59.8 Å². The Balaban J connectivity index is 2.37. The van der Waals surface area contributed by atoms with Crippen LogP contribution in [0.25, 0.3) is 0 Å². The second-order valence-corrected chi connectivity index (χ2v) is 6.21. The first-order valence-electron chi connectivity index (χ1n) is 6.06. The molecule has 0 N–H and O–H groups in total. The van der Waals surface area contributed by atoms with E-state index in [4.69, 9.17) is 0 Å². The van der Waals surface area contributed by atoms with Crippen LogP contribution < -0.4 is 0 Å². The molecule has 0 aromatic rings. The predicted octanol–water partition coefficient (Wildman–Crippen LogP) is 4.09. The first kappa shape index (κ1) is 12.4. The van der Waals surface area contributed by atoms with E-state index in [9.17, 15) is 0 Å². The molecule has 2 heteroatoms. The van der Waals surface area contributed by atoms with Gasteiger partial charge in [-0.05, 0) is 40.5 Å². The van der Waals surface area contributed by atoms with Crippen LogP contribution in [0.15, 0.2) is 0 Å². The molecule has 1 aliphatic rings. The van der Waals surface area contributed by atoms with Crippen LogP contribution in [0, 0.1) is 0 Å². The van der Waals surface area contributed by atoms with E-state index < -0.39 is 0 Å². The smallest absolute Gasteiger partial charge is 0.0195 e. The Kier molecular flexibility index (Phi) is 5.32. The van der Waals surface area contributed by atoms with Crippen molar-refractivity contribution in [2.75, 3.05) is 0 Å². The molecule has 0 amide bonds. The van der Waals surface area contributed by atoms with Crippen molar-refractivity contribution in [1.82, 2.24) is 4.31 Å². The van der Waals surface area contributed by atoms with Crippen LogP contribution in [-0.2, 0) is 0 Å². The molecule has 0 bridgehead atoms. The second-order valence-electron chi connectivity index (χ2n) is 4.91. The summed E-state index contributed by atoms with van der Waals surface area (Å²) in [4.78, 5) is 0. The van der Waals surface area contributed by atoms with Crippen LogP contribution in [0.3, 0.4) is 0 Å². The largest absolute Gasteiger partial charge is 0.245 e. The molecule has 84 valence electrons. The van der Waals surface area contributed by atoms with E-state index in [0.717, 1.165) is 5.25 Å². The van der Waals surface area contributed by atoms with Crippen LogP contribution in [0.5, 0.6) is 0 Å². The topological polar surface area (TPSA) is 3.24 Å². The fraction of sp³-hybridized carbons (Fsp3) is 1.00. The minimum atomic E-state index is 0.668. The van der Waals surface area contributed by atoms with Crippen LogP contribution >= 0.6 is 11.9 Å². The van der Waals surface area contributed by atoms with Crippen molar-refractivity contribution in [1.29, 1.82) is 0 Å². The normalized spacial score (nSPS) is 19.9. The molecule has 0 atom stereocenters. The molecule has 14 heavy (non-hydrogen) atoms. The standard InChI is InChI=1S/C12H25NS/c1-10(2)13(11(3)4)14-12-8-6-5-7-9-12/h10-12H,5-9H2,1-4H3. The molecule has 0 aromatic carbocycles. The predicted molar refractivity (Wildman–Crippen MR) is 66.6 cm³/mol. The van der Waals surface area contributed by atoms with E-state index in [1.54, 1.807) is 0 Å². The van der Waals surface area contributed by atoms with Crippen LogP contribution in [0.4, 0.5) is 0 Å². The van der Waals surface area contributed by atoms with E-state index in [-0.39, 0.29) is 0 Å². The highest BCUT2D eigenvalue weighted by molar-refractivity contribution is 7.97. The fourth-order valence-electron chi connectivity index (χ4n) is 2.18. The SMILES string of the molecule is CC(C)N(SC1CCCCC1)C(C)C. The molecule has 0 aliphatic heterocycles. The lowest BCUT2D eigenvalue weighted by molar-refractivity contribution is 0.330. The maximum Gasteiger partial charge on any atom is 0.0195 e. The average Bonchev–Trinajstić information content (AvgIpc) is 2.15. The molecule has 0 saturated heterocycles. The molecule has 1 rings (SSSR count). The molecule has 0 heterocycles. The van der Waals surface area contributed by atoms with Gasteiger partial charge in [-0.2, -0.15) is 0 Å². The maximum absolute atomic E-state index is 2.57. The quantitative estimate of drug-likeness (QED) is 0.650. The summed E-state index contributed by atoms with van der Waals surface area (Å²) in [5.74, 6) is 0. The molecule has 0 aromatic heterocycles. The summed E-state index contributed by atoms with van der Waals surface area (Å²) in [6.07, 6.45) is 7.21. The van der Waals surface area contributed by atoms with Crippen molar-refractivity contribution in [3.63, 3.8) is 0 Å². The first-order valence-corrected chi connectivity index (χ1v) is 6.90. The Morgan fingerprint density at radius 2 is 1.43 bits per heavy atom. The van der Waals surface area contributed by atoms with Crippen LogP contribution in [-0.4, -0.2) is 21.6 Å². The van der Waals surface area contributed by atoms with Crippen molar-refractivity contribution in [2.45, 2.75) is 77.1 Å². The van der Waals surface area contributed by atoms with Gasteiger partial charge in [0.15, 0.2) is 0 Å². The van der Waals surface area contributed by atoms with Crippen molar-refractivity contribution >= 4 is 11.9 Å². The highest BCUT2D eigenvalue weighted by Gasteiger charge is 2.21. The monoisotopic (exact) mass is 215 g/mol. The summed E-state index contributed by atoms with van der Waals surface area (Å²) in [5.41, 5.74) is 0. The van der Waals surface area contributed by atoms with Gasteiger partial charge in [-0.1, -0.05) is 31.2 Å². The summed E-state index contributed by atoms with van der Waals surface area (Å²) in [7, 11) is 0. The van der Waals surface area contributed by atoms with Crippen LogP contribution in [0.2, 0.25) is 0 Å². The summed E-state index contributed by atoms with van der Waals surface area (Å²) in [6, 6.07) is 1.34. The highest BCUT2D eigenvalue weighted by Crippen LogP contribution is 2.32. The van der Waals surface area contributed by atoms with Gasteiger partial charge in [-0.3, -0.25) is 0 Å². The van der Waals surface area contributed by atoms with Crippen molar-refractivity contribution in [3.8, 4) is 0 Å². The van der Waals surface area contributed by atoms with Crippen molar-refractivity contribution < 1.29 is 0 Å². The zero-order chi connectivity index (χ0) is 10.6. The molecular formula is C12H25NS. The minimum Gasteiger partial charge on any atom is -0.245 e. The zero-order valence-corrected chi connectivity index (χ0v) is 10.9. The van der Waals surface area contributed by atoms with Gasteiger partial charge in [0.2, 0.25) is 0 Å². The molecule has 0 spiro atoms. The van der Waals surface area contributed by atoms with Crippen molar-refractivity contribution in [3.05, 3.63) is 0 Å². The maximum atomic E-state index is 2.57. The number of hydrogen-bond donors (Lipinski definition) is 0. The Morgan fingerprint density at radius 3 is 1.86 bits per heavy atom. The lowest BCUT2D eigenvalue weighted by atomic mass is 10.0. The molecule has 1 fully saturated rings. The summed E-state index contributed by atoms with van der Waals surface area (Å²) >= 11 is 2.12. The highest BCUT2D eigenvalue weighted by atomic mass is 32.2. The fourth-order valence-corrected chi connectivity index (χ4v) is 3.56. The second kappa shape index (κ2) is 6.02. The number of nitrogens with zero attached hydrogens (tertiary/aromatic N) is 1. The molecular weight excluding hydrogens is 190 g/mol. The van der Waals surface area contributed by atoms with Crippen molar-refractivity contribution in [2.24, 2.45) is 0 Å². The molecule has 1 aliphatic carbocycles. The third kappa shape index (κ3) is 3.82. The Morgan fingerprint density at radius 1 is 0.929 bits per heavy atom. The lowest BCUT2D eigenvalue weighted by Gasteiger charge is -2.34. The molecule has 1 saturated carbocycles. The van der Waals surface area contributed by atoms with Gasteiger partial charge in [0.25, 0.3) is 0 Å². The van der Waals surface area contributed by atoms with E-state index in [1.807, 2.05) is 0 Å². The Hall–Kier alpha value is 0.310. The Labute approximate surface area is 93.8 Å². The van der Waals surface area contributed by atoms with Gasteiger partial charge in [0, 0.05) is 17.3 Å².